The summed E-state index contributed by atoms with van der Waals surface area (Å²) < 4.78 is 18.0. The van der Waals surface area contributed by atoms with Gasteiger partial charge in [-0.05, 0) is 57.3 Å². The molecule has 1 unspecified atom stereocenters. The molecule has 1 saturated carbocycles. The summed E-state index contributed by atoms with van der Waals surface area (Å²) in [5, 5.41) is 5.93. The maximum absolute atomic E-state index is 13.4. The first-order chi connectivity index (χ1) is 11.8. The van der Waals surface area contributed by atoms with Crippen molar-refractivity contribution in [3.63, 3.8) is 0 Å². The molecule has 0 aromatic carbocycles. The SMILES string of the molecule is CCOC(=O)C(F)CCCCCCNC(=O)NC1CCC(C)(C)CC1. The van der Waals surface area contributed by atoms with Gasteiger partial charge < -0.3 is 15.4 Å². The average molecular weight is 358 g/mol. The van der Waals surface area contributed by atoms with E-state index in [-0.39, 0.29) is 25.1 Å². The first kappa shape index (κ1) is 21.7. The lowest BCUT2D eigenvalue weighted by Gasteiger charge is -2.34. The van der Waals surface area contributed by atoms with E-state index >= 15 is 0 Å². The molecule has 0 aliphatic heterocycles. The highest BCUT2D eigenvalue weighted by Gasteiger charge is 2.27. The van der Waals surface area contributed by atoms with Crippen molar-refractivity contribution in [2.75, 3.05) is 13.2 Å². The number of halogens is 1. The molecule has 2 N–H and O–H groups in total. The molecule has 0 aromatic rings. The van der Waals surface area contributed by atoms with Crippen molar-refractivity contribution < 1.29 is 18.7 Å². The Hall–Kier alpha value is -1.33. The number of urea groups is 1. The fourth-order valence-corrected chi connectivity index (χ4v) is 3.13. The Labute approximate surface area is 151 Å². The molecule has 1 fully saturated rings. The molecule has 2 amide bonds. The van der Waals surface area contributed by atoms with Gasteiger partial charge in [0.1, 0.15) is 0 Å². The number of hydrogen-bond donors (Lipinski definition) is 2. The third-order valence-corrected chi connectivity index (χ3v) is 4.89. The summed E-state index contributed by atoms with van der Waals surface area (Å²) in [6.07, 6.45) is 6.38. The fourth-order valence-electron chi connectivity index (χ4n) is 3.13. The Morgan fingerprint density at radius 2 is 1.80 bits per heavy atom. The summed E-state index contributed by atoms with van der Waals surface area (Å²) in [4.78, 5) is 23.0. The number of esters is 1. The fraction of sp³-hybridized carbons (Fsp3) is 0.895. The number of rotatable bonds is 10. The van der Waals surface area contributed by atoms with Gasteiger partial charge in [-0.3, -0.25) is 0 Å². The molecule has 1 aliphatic rings. The molecule has 5 nitrogen and oxygen atoms in total. The molecule has 1 rings (SSSR count). The molecule has 25 heavy (non-hydrogen) atoms. The molecule has 0 aromatic heterocycles. The smallest absolute Gasteiger partial charge is 0.340 e. The Balaban J connectivity index is 1.97. The third-order valence-electron chi connectivity index (χ3n) is 4.89. The standard InChI is InChI=1S/C19H35FN2O3/c1-4-25-17(23)16(20)9-7-5-6-8-14-21-18(24)22-15-10-12-19(2,3)13-11-15/h15-16H,4-14H2,1-3H3,(H2,21,22,24). The van der Waals surface area contributed by atoms with Gasteiger partial charge in [-0.15, -0.1) is 0 Å². The molecule has 0 heterocycles. The number of carbonyl (C=O) groups excluding carboxylic acids is 2. The van der Waals surface area contributed by atoms with Crippen LogP contribution in [0.25, 0.3) is 0 Å². The van der Waals surface area contributed by atoms with Crippen molar-refractivity contribution in [3.8, 4) is 0 Å². The Kier molecular flexibility index (Phi) is 9.83. The monoisotopic (exact) mass is 358 g/mol. The highest BCUT2D eigenvalue weighted by atomic mass is 19.1. The van der Waals surface area contributed by atoms with E-state index in [9.17, 15) is 14.0 Å². The number of unbranched alkanes of at least 4 members (excludes halogenated alkanes) is 3. The maximum Gasteiger partial charge on any atom is 0.340 e. The summed E-state index contributed by atoms with van der Waals surface area (Å²) in [6, 6.07) is 0.202. The van der Waals surface area contributed by atoms with E-state index in [1.54, 1.807) is 6.92 Å². The molecular weight excluding hydrogens is 323 g/mol. The maximum atomic E-state index is 13.4. The highest BCUT2D eigenvalue weighted by Crippen LogP contribution is 2.34. The van der Waals surface area contributed by atoms with E-state index in [0.29, 0.717) is 18.4 Å². The van der Waals surface area contributed by atoms with Gasteiger partial charge in [0.15, 0.2) is 6.17 Å². The second-order valence-electron chi connectivity index (χ2n) is 7.76. The van der Waals surface area contributed by atoms with E-state index in [1.165, 1.54) is 0 Å². The number of amides is 2. The van der Waals surface area contributed by atoms with Crippen LogP contribution in [0.5, 0.6) is 0 Å². The van der Waals surface area contributed by atoms with Crippen LogP contribution in [0.1, 0.15) is 78.6 Å². The highest BCUT2D eigenvalue weighted by molar-refractivity contribution is 5.74. The zero-order valence-electron chi connectivity index (χ0n) is 16.0. The van der Waals surface area contributed by atoms with Gasteiger partial charge in [0.2, 0.25) is 0 Å². The average Bonchev–Trinajstić information content (AvgIpc) is 2.56. The third kappa shape index (κ3) is 9.66. The number of carbonyl (C=O) groups is 2. The van der Waals surface area contributed by atoms with E-state index < -0.39 is 12.1 Å². The number of hydrogen-bond acceptors (Lipinski definition) is 3. The van der Waals surface area contributed by atoms with E-state index in [4.69, 9.17) is 0 Å². The topological polar surface area (TPSA) is 67.4 Å². The molecule has 1 aliphatic carbocycles. The van der Waals surface area contributed by atoms with Gasteiger partial charge >= 0.3 is 12.0 Å². The summed E-state index contributed by atoms with van der Waals surface area (Å²) in [6.45, 7) is 7.07. The summed E-state index contributed by atoms with van der Waals surface area (Å²) >= 11 is 0. The van der Waals surface area contributed by atoms with Crippen molar-refractivity contribution in [2.45, 2.75) is 90.8 Å². The molecule has 0 radical (unpaired) electrons. The van der Waals surface area contributed by atoms with Gasteiger partial charge in [-0.25, -0.2) is 14.0 Å². The van der Waals surface area contributed by atoms with Gasteiger partial charge in [0.25, 0.3) is 0 Å². The number of ether oxygens (including phenoxy) is 1. The van der Waals surface area contributed by atoms with Crippen LogP contribution in [0, 0.1) is 5.41 Å². The quantitative estimate of drug-likeness (QED) is 0.456. The second-order valence-corrected chi connectivity index (χ2v) is 7.76. The largest absolute Gasteiger partial charge is 0.464 e. The molecule has 0 bridgehead atoms. The molecule has 0 saturated heterocycles. The lowest BCUT2D eigenvalue weighted by atomic mass is 9.76. The summed E-state index contributed by atoms with van der Waals surface area (Å²) in [7, 11) is 0. The van der Waals surface area contributed by atoms with Crippen molar-refractivity contribution in [2.24, 2.45) is 5.41 Å². The van der Waals surface area contributed by atoms with Crippen molar-refractivity contribution in [1.82, 2.24) is 10.6 Å². The minimum Gasteiger partial charge on any atom is -0.464 e. The van der Waals surface area contributed by atoms with Gasteiger partial charge in [-0.1, -0.05) is 26.7 Å². The molecule has 0 spiro atoms. The van der Waals surface area contributed by atoms with Crippen LogP contribution in [0.4, 0.5) is 9.18 Å². The summed E-state index contributed by atoms with van der Waals surface area (Å²) in [5.41, 5.74) is 0.403. The van der Waals surface area contributed by atoms with E-state index in [1.807, 2.05) is 0 Å². The van der Waals surface area contributed by atoms with Crippen LogP contribution in [0.15, 0.2) is 0 Å². The first-order valence-electron chi connectivity index (χ1n) is 9.69. The van der Waals surface area contributed by atoms with Gasteiger partial charge in [0, 0.05) is 12.6 Å². The van der Waals surface area contributed by atoms with Crippen LogP contribution >= 0.6 is 0 Å². The second kappa shape index (κ2) is 11.3. The molecule has 1 atom stereocenters. The van der Waals surface area contributed by atoms with Gasteiger partial charge in [-0.2, -0.15) is 0 Å². The van der Waals surface area contributed by atoms with Gasteiger partial charge in [0.05, 0.1) is 6.61 Å². The number of alkyl halides is 1. The predicted octanol–water partition coefficient (Wildman–Crippen LogP) is 4.11. The van der Waals surface area contributed by atoms with Crippen molar-refractivity contribution >= 4 is 12.0 Å². The van der Waals surface area contributed by atoms with Crippen LogP contribution in [0.3, 0.4) is 0 Å². The minimum atomic E-state index is -1.51. The predicted molar refractivity (Wildman–Crippen MR) is 97.2 cm³/mol. The Morgan fingerprint density at radius 3 is 2.44 bits per heavy atom. The molecular formula is C19H35FN2O3. The lowest BCUT2D eigenvalue weighted by Crippen LogP contribution is -2.44. The minimum absolute atomic E-state index is 0.0872. The zero-order valence-corrected chi connectivity index (χ0v) is 16.0. The zero-order chi connectivity index (χ0) is 18.7. The van der Waals surface area contributed by atoms with E-state index in [2.05, 4.69) is 29.2 Å². The van der Waals surface area contributed by atoms with Crippen molar-refractivity contribution in [3.05, 3.63) is 0 Å². The van der Waals surface area contributed by atoms with E-state index in [0.717, 1.165) is 44.9 Å². The Bertz CT molecular complexity index is 405. The van der Waals surface area contributed by atoms with Crippen LogP contribution < -0.4 is 10.6 Å². The summed E-state index contributed by atoms with van der Waals surface area (Å²) in [5.74, 6) is -0.757. The lowest BCUT2D eigenvalue weighted by molar-refractivity contribution is -0.149. The Morgan fingerprint density at radius 1 is 1.16 bits per heavy atom. The van der Waals surface area contributed by atoms with Crippen LogP contribution in [-0.2, 0) is 9.53 Å². The normalized spacial score (nSPS) is 18.4. The van der Waals surface area contributed by atoms with Crippen molar-refractivity contribution in [1.29, 1.82) is 0 Å². The first-order valence-corrected chi connectivity index (χ1v) is 9.69. The molecule has 6 heteroatoms. The molecule has 146 valence electrons. The van der Waals surface area contributed by atoms with Crippen LogP contribution in [0.2, 0.25) is 0 Å². The van der Waals surface area contributed by atoms with Crippen LogP contribution in [-0.4, -0.2) is 37.4 Å². The number of nitrogens with one attached hydrogen (secondary N) is 2.